The van der Waals surface area contributed by atoms with Crippen molar-refractivity contribution in [3.05, 3.63) is 98.9 Å². The number of benzene rings is 3. The van der Waals surface area contributed by atoms with E-state index in [0.717, 1.165) is 0 Å². The average molecular weight is 618 g/mol. The van der Waals surface area contributed by atoms with Crippen molar-refractivity contribution in [3.63, 3.8) is 0 Å². The summed E-state index contributed by atoms with van der Waals surface area (Å²) in [5.74, 6) is -5.44. The lowest BCUT2D eigenvalue weighted by molar-refractivity contribution is 0.0501. The third kappa shape index (κ3) is 5.55. The fourth-order valence-electron chi connectivity index (χ4n) is 4.70. The minimum Gasteiger partial charge on any atom is -0.492 e. The largest absolute Gasteiger partial charge is 0.492 e. The molecule has 8 nitrogen and oxygen atoms in total. The molecule has 5 rings (SSSR count). The van der Waals surface area contributed by atoms with Crippen LogP contribution in [0.5, 0.6) is 5.75 Å². The zero-order valence-corrected chi connectivity index (χ0v) is 23.9. The highest BCUT2D eigenvalue weighted by Crippen LogP contribution is 2.37. The molecular weight excluding hydrogens is 594 g/mol. The molecule has 2 heterocycles. The summed E-state index contributed by atoms with van der Waals surface area (Å²) in [7, 11) is 1.43. The molecule has 1 aliphatic rings. The summed E-state index contributed by atoms with van der Waals surface area (Å²) in [6.45, 7) is 1.91. The number of carbonyl (C=O) groups is 2. The number of nitrogens with one attached hydrogen (secondary N) is 1. The minimum absolute atomic E-state index is 0.00577. The van der Waals surface area contributed by atoms with E-state index in [1.54, 1.807) is 53.5 Å². The third-order valence-corrected chi connectivity index (χ3v) is 7.49. The Balaban J connectivity index is 1.37. The van der Waals surface area contributed by atoms with Gasteiger partial charge in [-0.2, -0.15) is 5.10 Å². The van der Waals surface area contributed by atoms with Crippen LogP contribution >= 0.6 is 23.2 Å². The van der Waals surface area contributed by atoms with E-state index in [9.17, 15) is 22.8 Å². The first kappa shape index (κ1) is 29.4. The van der Waals surface area contributed by atoms with Gasteiger partial charge in [0, 0.05) is 47.9 Å². The molecule has 1 fully saturated rings. The van der Waals surface area contributed by atoms with Gasteiger partial charge in [0.25, 0.3) is 11.8 Å². The number of para-hydroxylation sites is 1. The van der Waals surface area contributed by atoms with Crippen LogP contribution in [0, 0.1) is 24.4 Å². The van der Waals surface area contributed by atoms with Crippen LogP contribution in [0.4, 0.5) is 13.2 Å². The van der Waals surface area contributed by atoms with Crippen LogP contribution in [0.1, 0.15) is 26.4 Å². The highest BCUT2D eigenvalue weighted by Gasteiger charge is 2.30. The van der Waals surface area contributed by atoms with Crippen molar-refractivity contribution in [1.29, 1.82) is 0 Å². The van der Waals surface area contributed by atoms with Gasteiger partial charge in [0.2, 0.25) is 0 Å². The minimum atomic E-state index is -1.62. The molecule has 42 heavy (non-hydrogen) atoms. The molecule has 2 amide bonds. The van der Waals surface area contributed by atoms with Gasteiger partial charge in [-0.1, -0.05) is 47.5 Å². The summed E-state index contributed by atoms with van der Waals surface area (Å²) in [4.78, 5) is 27.8. The van der Waals surface area contributed by atoms with Crippen LogP contribution in [0.2, 0.25) is 10.0 Å². The number of ether oxygens (including phenoxy) is 1. The SMILES string of the molecule is COc1c(C(=O)NN2CCN(C(=O)c3cc(F)c(F)c(F)c3C)CC2)nn(-c2ccccc2Cl)c1-c1ccc(Cl)cc1. The standard InChI is InChI=1S/C29H24Cl2F3N5O3/c1-16-19(15-21(32)24(34)23(16)33)29(41)37-11-13-38(14-12-37)36-28(40)25-27(42-2)26(17-7-9-18(30)10-8-17)39(35-25)22-6-4-3-5-20(22)31/h3-10,15H,11-14H2,1-2H3,(H,36,40). The smallest absolute Gasteiger partial charge is 0.289 e. The normalized spacial score (nSPS) is 13.7. The van der Waals surface area contributed by atoms with Gasteiger partial charge in [0.05, 0.1) is 17.8 Å². The fourth-order valence-corrected chi connectivity index (χ4v) is 5.04. The molecule has 0 atom stereocenters. The summed E-state index contributed by atoms with van der Waals surface area (Å²) in [5, 5.41) is 7.09. The Bertz CT molecular complexity index is 1670. The molecular formula is C29H24Cl2F3N5O3. The molecule has 1 aromatic heterocycles. The van der Waals surface area contributed by atoms with Gasteiger partial charge < -0.3 is 9.64 Å². The van der Waals surface area contributed by atoms with Crippen molar-refractivity contribution in [2.45, 2.75) is 6.92 Å². The molecule has 0 spiro atoms. The predicted molar refractivity (Wildman–Crippen MR) is 152 cm³/mol. The van der Waals surface area contributed by atoms with Gasteiger partial charge >= 0.3 is 0 Å². The maximum absolute atomic E-state index is 14.0. The van der Waals surface area contributed by atoms with E-state index in [1.165, 1.54) is 23.6 Å². The monoisotopic (exact) mass is 617 g/mol. The highest BCUT2D eigenvalue weighted by atomic mass is 35.5. The van der Waals surface area contributed by atoms with Gasteiger partial charge in [0.1, 0.15) is 5.69 Å². The maximum Gasteiger partial charge on any atom is 0.289 e. The van der Waals surface area contributed by atoms with E-state index in [1.807, 2.05) is 0 Å². The quantitative estimate of drug-likeness (QED) is 0.282. The van der Waals surface area contributed by atoms with E-state index < -0.39 is 29.3 Å². The Morgan fingerprint density at radius 2 is 1.62 bits per heavy atom. The molecule has 13 heteroatoms. The first-order valence-corrected chi connectivity index (χ1v) is 13.5. The van der Waals surface area contributed by atoms with Crippen LogP contribution in [0.25, 0.3) is 16.9 Å². The van der Waals surface area contributed by atoms with Crippen molar-refractivity contribution in [1.82, 2.24) is 25.1 Å². The van der Waals surface area contributed by atoms with Crippen molar-refractivity contribution in [2.24, 2.45) is 0 Å². The van der Waals surface area contributed by atoms with Crippen LogP contribution in [0.15, 0.2) is 54.6 Å². The molecule has 0 radical (unpaired) electrons. The van der Waals surface area contributed by atoms with Gasteiger partial charge in [-0.25, -0.2) is 22.9 Å². The zero-order chi connectivity index (χ0) is 30.1. The van der Waals surface area contributed by atoms with Crippen molar-refractivity contribution >= 4 is 35.0 Å². The van der Waals surface area contributed by atoms with E-state index in [0.29, 0.717) is 33.1 Å². The van der Waals surface area contributed by atoms with Crippen LogP contribution in [0.3, 0.4) is 0 Å². The molecule has 0 bridgehead atoms. The molecule has 0 saturated carbocycles. The molecule has 1 saturated heterocycles. The lowest BCUT2D eigenvalue weighted by Gasteiger charge is -2.34. The van der Waals surface area contributed by atoms with Crippen molar-refractivity contribution < 1.29 is 27.5 Å². The number of methoxy groups -OCH3 is 1. The van der Waals surface area contributed by atoms with Gasteiger partial charge in [-0.15, -0.1) is 0 Å². The Morgan fingerprint density at radius 1 is 0.952 bits per heavy atom. The van der Waals surface area contributed by atoms with E-state index >= 15 is 0 Å². The first-order valence-electron chi connectivity index (χ1n) is 12.8. The van der Waals surface area contributed by atoms with E-state index in [-0.39, 0.29) is 48.7 Å². The molecule has 1 aliphatic heterocycles. The average Bonchev–Trinajstić information content (AvgIpc) is 3.38. The van der Waals surface area contributed by atoms with Crippen molar-refractivity contribution in [3.8, 4) is 22.7 Å². The number of hydrogen-bond acceptors (Lipinski definition) is 5. The van der Waals surface area contributed by atoms with E-state index in [4.69, 9.17) is 27.9 Å². The summed E-state index contributed by atoms with van der Waals surface area (Å²) in [6.07, 6.45) is 0. The lowest BCUT2D eigenvalue weighted by atomic mass is 10.1. The molecule has 1 N–H and O–H groups in total. The first-order chi connectivity index (χ1) is 20.1. The number of amides is 2. The number of nitrogens with zero attached hydrogens (tertiary/aromatic N) is 4. The highest BCUT2D eigenvalue weighted by molar-refractivity contribution is 6.32. The Morgan fingerprint density at radius 3 is 2.26 bits per heavy atom. The lowest BCUT2D eigenvalue weighted by Crippen LogP contribution is -2.55. The number of carbonyl (C=O) groups excluding carboxylic acids is 2. The number of hydrogen-bond donors (Lipinski definition) is 1. The fraction of sp³-hybridized carbons (Fsp3) is 0.207. The number of hydrazine groups is 1. The zero-order valence-electron chi connectivity index (χ0n) is 22.4. The molecule has 218 valence electrons. The molecule has 4 aromatic rings. The topological polar surface area (TPSA) is 79.7 Å². The summed E-state index contributed by atoms with van der Waals surface area (Å²) >= 11 is 12.6. The Hall–Kier alpha value is -4.06. The summed E-state index contributed by atoms with van der Waals surface area (Å²) in [5.41, 5.74) is 3.95. The van der Waals surface area contributed by atoms with Crippen molar-refractivity contribution in [2.75, 3.05) is 33.3 Å². The number of rotatable bonds is 6. The maximum atomic E-state index is 14.0. The van der Waals surface area contributed by atoms with Gasteiger partial charge in [-0.05, 0) is 37.3 Å². The predicted octanol–water partition coefficient (Wildman–Crippen LogP) is 5.68. The summed E-state index contributed by atoms with van der Waals surface area (Å²) in [6, 6.07) is 14.7. The van der Waals surface area contributed by atoms with Gasteiger partial charge in [-0.3, -0.25) is 15.0 Å². The van der Waals surface area contributed by atoms with Crippen LogP contribution in [-0.4, -0.2) is 64.8 Å². The second-order valence-corrected chi connectivity index (χ2v) is 10.3. The number of halogens is 5. The molecule has 0 unspecified atom stereocenters. The van der Waals surface area contributed by atoms with E-state index in [2.05, 4.69) is 10.5 Å². The Kier molecular flexibility index (Phi) is 8.44. The summed E-state index contributed by atoms with van der Waals surface area (Å²) < 4.78 is 48.6. The second-order valence-electron chi connectivity index (χ2n) is 9.48. The number of aromatic nitrogens is 2. The second kappa shape index (κ2) is 12.0. The van der Waals surface area contributed by atoms with Gasteiger partial charge in [0.15, 0.2) is 28.9 Å². The third-order valence-electron chi connectivity index (χ3n) is 6.92. The molecule has 3 aromatic carbocycles. The number of piperazine rings is 1. The Labute approximate surface area is 249 Å². The molecule has 0 aliphatic carbocycles. The van der Waals surface area contributed by atoms with Crippen LogP contribution in [-0.2, 0) is 0 Å². The van der Waals surface area contributed by atoms with Crippen LogP contribution < -0.4 is 10.2 Å².